The highest BCUT2D eigenvalue weighted by Gasteiger charge is 2.51. The second-order valence-corrected chi connectivity index (χ2v) is 7.19. The SMILES string of the molecule is O=CCC12CCC(c3cccc(Oc4ccc(F)c(F)c4)n3)(CC1)OC2. The van der Waals surface area contributed by atoms with Crippen LogP contribution in [-0.2, 0) is 15.1 Å². The van der Waals surface area contributed by atoms with Crippen LogP contribution in [-0.4, -0.2) is 17.9 Å². The van der Waals surface area contributed by atoms with Crippen LogP contribution in [0.1, 0.15) is 37.8 Å². The largest absolute Gasteiger partial charge is 0.439 e. The summed E-state index contributed by atoms with van der Waals surface area (Å²) >= 11 is 0. The Morgan fingerprint density at radius 2 is 1.92 bits per heavy atom. The lowest BCUT2D eigenvalue weighted by molar-refractivity contribution is -0.192. The van der Waals surface area contributed by atoms with E-state index < -0.39 is 17.2 Å². The van der Waals surface area contributed by atoms with Gasteiger partial charge in [-0.1, -0.05) is 6.07 Å². The fraction of sp³-hybridized carbons (Fsp3) is 0.400. The van der Waals surface area contributed by atoms with Crippen molar-refractivity contribution in [1.29, 1.82) is 0 Å². The number of fused-ring (bicyclic) bond motifs is 3. The van der Waals surface area contributed by atoms with Crippen LogP contribution in [0.3, 0.4) is 0 Å². The lowest BCUT2D eigenvalue weighted by Crippen LogP contribution is -2.49. The minimum atomic E-state index is -0.966. The quantitative estimate of drug-likeness (QED) is 0.736. The number of ether oxygens (including phenoxy) is 2. The number of halogens is 2. The molecule has 1 saturated carbocycles. The van der Waals surface area contributed by atoms with Gasteiger partial charge in [-0.25, -0.2) is 13.8 Å². The predicted molar refractivity (Wildman–Crippen MR) is 89.9 cm³/mol. The molecule has 4 nitrogen and oxygen atoms in total. The number of aldehydes is 1. The van der Waals surface area contributed by atoms with Crippen LogP contribution in [0.4, 0.5) is 8.78 Å². The van der Waals surface area contributed by atoms with Gasteiger partial charge in [0.2, 0.25) is 5.88 Å². The molecule has 0 spiro atoms. The monoisotopic (exact) mass is 359 g/mol. The Hall–Kier alpha value is -2.34. The summed E-state index contributed by atoms with van der Waals surface area (Å²) in [4.78, 5) is 15.5. The number of carbonyl (C=O) groups is 1. The minimum absolute atomic E-state index is 0.0246. The van der Waals surface area contributed by atoms with E-state index in [1.54, 1.807) is 6.07 Å². The van der Waals surface area contributed by atoms with E-state index in [0.717, 1.165) is 49.8 Å². The van der Waals surface area contributed by atoms with Crippen LogP contribution in [0.15, 0.2) is 36.4 Å². The number of hydrogen-bond acceptors (Lipinski definition) is 4. The molecule has 1 aromatic carbocycles. The van der Waals surface area contributed by atoms with Crippen LogP contribution in [0.5, 0.6) is 11.6 Å². The fourth-order valence-electron chi connectivity index (χ4n) is 3.92. The van der Waals surface area contributed by atoms with Crippen LogP contribution in [0.2, 0.25) is 0 Å². The molecule has 0 amide bonds. The summed E-state index contributed by atoms with van der Waals surface area (Å²) in [5.41, 5.74) is 0.290. The van der Waals surface area contributed by atoms with Crippen molar-refractivity contribution in [2.24, 2.45) is 5.41 Å². The van der Waals surface area contributed by atoms with Crippen molar-refractivity contribution in [2.45, 2.75) is 37.7 Å². The third kappa shape index (κ3) is 2.98. The Labute approximate surface area is 150 Å². The number of pyridine rings is 1. The molecule has 2 aliphatic heterocycles. The van der Waals surface area contributed by atoms with Gasteiger partial charge in [0.1, 0.15) is 17.6 Å². The molecule has 0 unspecified atom stereocenters. The number of rotatable bonds is 5. The average molecular weight is 359 g/mol. The van der Waals surface area contributed by atoms with Crippen LogP contribution < -0.4 is 4.74 Å². The molecule has 5 rings (SSSR count). The average Bonchev–Trinajstić information content (AvgIpc) is 2.67. The predicted octanol–water partition coefficient (Wildman–Crippen LogP) is 4.53. The van der Waals surface area contributed by atoms with Crippen LogP contribution >= 0.6 is 0 Å². The molecule has 6 heteroatoms. The second-order valence-electron chi connectivity index (χ2n) is 7.19. The summed E-state index contributed by atoms with van der Waals surface area (Å²) in [6.07, 6.45) is 5.00. The molecule has 2 aromatic rings. The van der Waals surface area contributed by atoms with Crippen molar-refractivity contribution in [3.05, 3.63) is 53.7 Å². The Kier molecular flexibility index (Phi) is 4.23. The number of carbonyl (C=O) groups excluding carboxylic acids is 1. The summed E-state index contributed by atoms with van der Waals surface area (Å²) in [5.74, 6) is -1.40. The van der Waals surface area contributed by atoms with Crippen LogP contribution in [0, 0.1) is 17.0 Å². The topological polar surface area (TPSA) is 48.4 Å². The van der Waals surface area contributed by atoms with Gasteiger partial charge in [-0.15, -0.1) is 0 Å². The highest BCUT2D eigenvalue weighted by Crippen LogP contribution is 2.54. The molecule has 1 aliphatic carbocycles. The zero-order chi connectivity index (χ0) is 18.2. The van der Waals surface area contributed by atoms with Gasteiger partial charge in [-0.3, -0.25) is 0 Å². The second kappa shape index (κ2) is 6.43. The van der Waals surface area contributed by atoms with Crippen molar-refractivity contribution in [2.75, 3.05) is 6.61 Å². The Balaban J connectivity index is 1.55. The van der Waals surface area contributed by atoms with Gasteiger partial charge in [0.25, 0.3) is 0 Å². The van der Waals surface area contributed by atoms with E-state index >= 15 is 0 Å². The summed E-state index contributed by atoms with van der Waals surface area (Å²) in [6, 6.07) is 8.76. The molecule has 3 fully saturated rings. The number of nitrogens with zero attached hydrogens (tertiary/aromatic N) is 1. The molecule has 136 valence electrons. The van der Waals surface area contributed by atoms with E-state index in [-0.39, 0.29) is 11.2 Å². The van der Waals surface area contributed by atoms with E-state index in [0.29, 0.717) is 18.9 Å². The molecule has 2 saturated heterocycles. The molecule has 3 aliphatic rings. The zero-order valence-corrected chi connectivity index (χ0v) is 14.2. The molecular formula is C20H19F2NO3. The summed E-state index contributed by atoms with van der Waals surface area (Å²) in [6.45, 7) is 0.557. The Morgan fingerprint density at radius 3 is 2.58 bits per heavy atom. The molecular weight excluding hydrogens is 340 g/mol. The van der Waals surface area contributed by atoms with Crippen molar-refractivity contribution >= 4 is 6.29 Å². The molecule has 2 bridgehead atoms. The molecule has 3 heterocycles. The first kappa shape index (κ1) is 17.1. The van der Waals surface area contributed by atoms with E-state index in [1.807, 2.05) is 12.1 Å². The van der Waals surface area contributed by atoms with Gasteiger partial charge < -0.3 is 14.3 Å². The van der Waals surface area contributed by atoms with E-state index in [4.69, 9.17) is 9.47 Å². The highest BCUT2D eigenvalue weighted by atomic mass is 19.2. The van der Waals surface area contributed by atoms with Crippen LogP contribution in [0.25, 0.3) is 0 Å². The number of benzene rings is 1. The molecule has 26 heavy (non-hydrogen) atoms. The molecule has 0 N–H and O–H groups in total. The molecule has 1 aromatic heterocycles. The van der Waals surface area contributed by atoms with Crippen molar-refractivity contribution in [1.82, 2.24) is 4.98 Å². The van der Waals surface area contributed by atoms with Crippen molar-refractivity contribution in [3.8, 4) is 11.6 Å². The highest BCUT2D eigenvalue weighted by molar-refractivity contribution is 5.51. The molecule has 0 radical (unpaired) electrons. The maximum Gasteiger partial charge on any atom is 0.219 e. The minimum Gasteiger partial charge on any atom is -0.439 e. The summed E-state index contributed by atoms with van der Waals surface area (Å²) in [5, 5.41) is 0. The van der Waals surface area contributed by atoms with Gasteiger partial charge in [0.05, 0.1) is 12.3 Å². The van der Waals surface area contributed by atoms with E-state index in [2.05, 4.69) is 4.98 Å². The van der Waals surface area contributed by atoms with Gasteiger partial charge in [0, 0.05) is 24.0 Å². The third-order valence-electron chi connectivity index (χ3n) is 5.59. The first-order valence-corrected chi connectivity index (χ1v) is 8.72. The first-order chi connectivity index (χ1) is 12.5. The maximum absolute atomic E-state index is 13.4. The standard InChI is InChI=1S/C20H19F2NO3/c21-15-5-4-14(12-16(15)22)26-18-3-1-2-17(23-18)20-8-6-19(7-9-20,10-11-24)13-25-20/h1-5,11-12H,6-10,13H2. The lowest BCUT2D eigenvalue weighted by Gasteiger charge is -2.52. The summed E-state index contributed by atoms with van der Waals surface area (Å²) in [7, 11) is 0. The number of aromatic nitrogens is 1. The van der Waals surface area contributed by atoms with Gasteiger partial charge in [-0.2, -0.15) is 0 Å². The van der Waals surface area contributed by atoms with Crippen molar-refractivity contribution in [3.63, 3.8) is 0 Å². The first-order valence-electron chi connectivity index (χ1n) is 8.72. The Bertz CT molecular complexity index is 815. The van der Waals surface area contributed by atoms with Gasteiger partial charge >= 0.3 is 0 Å². The summed E-state index contributed by atoms with van der Waals surface area (Å²) < 4.78 is 38.1. The zero-order valence-electron chi connectivity index (χ0n) is 14.2. The van der Waals surface area contributed by atoms with Crippen molar-refractivity contribution < 1.29 is 23.0 Å². The van der Waals surface area contributed by atoms with Gasteiger partial charge in [0.15, 0.2) is 11.6 Å². The van der Waals surface area contributed by atoms with E-state index in [9.17, 15) is 13.6 Å². The molecule has 0 atom stereocenters. The normalized spacial score (nSPS) is 27.3. The van der Waals surface area contributed by atoms with E-state index in [1.165, 1.54) is 6.07 Å². The Morgan fingerprint density at radius 1 is 1.12 bits per heavy atom. The third-order valence-corrected chi connectivity index (χ3v) is 5.59. The smallest absolute Gasteiger partial charge is 0.219 e. The lowest BCUT2D eigenvalue weighted by atomic mass is 9.64. The maximum atomic E-state index is 13.4. The fourth-order valence-corrected chi connectivity index (χ4v) is 3.92. The van der Waals surface area contributed by atoms with Gasteiger partial charge in [-0.05, 0) is 43.9 Å². The number of hydrogen-bond donors (Lipinski definition) is 0.